The van der Waals surface area contributed by atoms with E-state index < -0.39 is 0 Å². The van der Waals surface area contributed by atoms with Crippen molar-refractivity contribution in [3.05, 3.63) is 29.8 Å². The van der Waals surface area contributed by atoms with Gasteiger partial charge in [-0.05, 0) is 37.1 Å². The van der Waals surface area contributed by atoms with E-state index in [-0.39, 0.29) is 11.7 Å². The molecular formula is C13H17NO2. The zero-order chi connectivity index (χ0) is 12.1. The first-order chi connectivity index (χ1) is 7.49. The summed E-state index contributed by atoms with van der Waals surface area (Å²) in [6.07, 6.45) is 0.508. The third-order valence-electron chi connectivity index (χ3n) is 2.17. The molecule has 0 aliphatic rings. The normalized spacial score (nSPS) is 10.2. The Morgan fingerprint density at radius 2 is 1.75 bits per heavy atom. The highest BCUT2D eigenvalue weighted by Gasteiger charge is 2.05. The molecule has 0 radical (unpaired) electrons. The molecule has 0 aliphatic carbocycles. The van der Waals surface area contributed by atoms with Crippen molar-refractivity contribution in [2.75, 3.05) is 5.32 Å². The smallest absolute Gasteiger partial charge is 0.224 e. The topological polar surface area (TPSA) is 46.2 Å². The summed E-state index contributed by atoms with van der Waals surface area (Å²) in [7, 11) is 0. The number of Topliss-reactive ketones (excluding diaryl/α,β-unsaturated/α-hetero) is 1. The first-order valence-electron chi connectivity index (χ1n) is 5.40. The number of anilines is 1. The number of amides is 1. The molecule has 3 heteroatoms. The Hall–Kier alpha value is -1.64. The van der Waals surface area contributed by atoms with Crippen LogP contribution in [0.5, 0.6) is 0 Å². The van der Waals surface area contributed by atoms with Crippen LogP contribution < -0.4 is 5.32 Å². The summed E-state index contributed by atoms with van der Waals surface area (Å²) < 4.78 is 0. The molecule has 86 valence electrons. The maximum atomic E-state index is 11.5. The van der Waals surface area contributed by atoms with Crippen molar-refractivity contribution in [1.82, 2.24) is 0 Å². The van der Waals surface area contributed by atoms with Crippen LogP contribution in [-0.4, -0.2) is 11.7 Å². The SMILES string of the molecule is CC(=O)c1ccc(NC(=O)CC(C)C)cc1. The molecule has 0 aliphatic heterocycles. The average molecular weight is 219 g/mol. The van der Waals surface area contributed by atoms with Gasteiger partial charge in [-0.25, -0.2) is 0 Å². The van der Waals surface area contributed by atoms with E-state index in [2.05, 4.69) is 5.32 Å². The number of carbonyl (C=O) groups excluding carboxylic acids is 2. The lowest BCUT2D eigenvalue weighted by molar-refractivity contribution is -0.116. The van der Waals surface area contributed by atoms with E-state index in [4.69, 9.17) is 0 Å². The summed E-state index contributed by atoms with van der Waals surface area (Å²) in [4.78, 5) is 22.5. The van der Waals surface area contributed by atoms with E-state index in [1.807, 2.05) is 13.8 Å². The molecule has 0 heterocycles. The number of rotatable bonds is 4. The lowest BCUT2D eigenvalue weighted by atomic mass is 10.1. The lowest BCUT2D eigenvalue weighted by Gasteiger charge is -2.07. The monoisotopic (exact) mass is 219 g/mol. The summed E-state index contributed by atoms with van der Waals surface area (Å²) in [6, 6.07) is 6.92. The largest absolute Gasteiger partial charge is 0.326 e. The number of carbonyl (C=O) groups is 2. The molecule has 0 spiro atoms. The molecule has 16 heavy (non-hydrogen) atoms. The first-order valence-corrected chi connectivity index (χ1v) is 5.40. The van der Waals surface area contributed by atoms with Gasteiger partial charge in [0, 0.05) is 17.7 Å². The molecule has 3 nitrogen and oxygen atoms in total. The molecule has 1 aromatic rings. The molecule has 0 atom stereocenters. The fraction of sp³-hybridized carbons (Fsp3) is 0.385. The second kappa shape index (κ2) is 5.45. The summed E-state index contributed by atoms with van der Waals surface area (Å²) in [5.41, 5.74) is 1.39. The second-order valence-electron chi connectivity index (χ2n) is 4.28. The Bertz CT molecular complexity index is 379. The fourth-order valence-electron chi connectivity index (χ4n) is 1.37. The number of hydrogen-bond donors (Lipinski definition) is 1. The van der Waals surface area contributed by atoms with E-state index in [0.29, 0.717) is 17.9 Å². The van der Waals surface area contributed by atoms with Gasteiger partial charge in [0.25, 0.3) is 0 Å². The van der Waals surface area contributed by atoms with Gasteiger partial charge in [-0.3, -0.25) is 9.59 Å². The van der Waals surface area contributed by atoms with Gasteiger partial charge in [-0.1, -0.05) is 13.8 Å². The summed E-state index contributed by atoms with van der Waals surface area (Å²) in [5, 5.41) is 2.79. The average Bonchev–Trinajstić information content (AvgIpc) is 2.16. The highest BCUT2D eigenvalue weighted by Crippen LogP contribution is 2.11. The van der Waals surface area contributed by atoms with Crippen LogP contribution in [0.25, 0.3) is 0 Å². The lowest BCUT2D eigenvalue weighted by Crippen LogP contribution is -2.13. The van der Waals surface area contributed by atoms with Crippen molar-refractivity contribution in [2.24, 2.45) is 5.92 Å². The van der Waals surface area contributed by atoms with Gasteiger partial charge >= 0.3 is 0 Å². The molecule has 0 fully saturated rings. The van der Waals surface area contributed by atoms with E-state index in [1.54, 1.807) is 24.3 Å². The predicted molar refractivity (Wildman–Crippen MR) is 64.5 cm³/mol. The van der Waals surface area contributed by atoms with Gasteiger partial charge < -0.3 is 5.32 Å². The molecule has 1 rings (SSSR count). The van der Waals surface area contributed by atoms with Crippen molar-refractivity contribution in [3.63, 3.8) is 0 Å². The zero-order valence-corrected chi connectivity index (χ0v) is 9.91. The van der Waals surface area contributed by atoms with Crippen LogP contribution in [0.15, 0.2) is 24.3 Å². The summed E-state index contributed by atoms with van der Waals surface area (Å²) >= 11 is 0. The van der Waals surface area contributed by atoms with E-state index in [9.17, 15) is 9.59 Å². The number of ketones is 1. The van der Waals surface area contributed by atoms with Crippen LogP contribution in [0.4, 0.5) is 5.69 Å². The van der Waals surface area contributed by atoms with Crippen molar-refractivity contribution in [1.29, 1.82) is 0 Å². The van der Waals surface area contributed by atoms with Crippen LogP contribution in [0.2, 0.25) is 0 Å². The van der Waals surface area contributed by atoms with E-state index >= 15 is 0 Å². The third-order valence-corrected chi connectivity index (χ3v) is 2.17. The maximum Gasteiger partial charge on any atom is 0.224 e. The van der Waals surface area contributed by atoms with Crippen molar-refractivity contribution in [3.8, 4) is 0 Å². The van der Waals surface area contributed by atoms with Gasteiger partial charge in [0.15, 0.2) is 5.78 Å². The first kappa shape index (κ1) is 12.4. The third kappa shape index (κ3) is 3.85. The Morgan fingerprint density at radius 1 is 1.19 bits per heavy atom. The predicted octanol–water partition coefficient (Wildman–Crippen LogP) is 2.87. The molecular weight excluding hydrogens is 202 g/mol. The van der Waals surface area contributed by atoms with Gasteiger partial charge in [0.2, 0.25) is 5.91 Å². The number of hydrogen-bond acceptors (Lipinski definition) is 2. The maximum absolute atomic E-state index is 11.5. The molecule has 0 bridgehead atoms. The number of benzene rings is 1. The number of nitrogens with one attached hydrogen (secondary N) is 1. The minimum absolute atomic E-state index is 0.00516. The Labute approximate surface area is 95.9 Å². The minimum atomic E-state index is 0.00516. The zero-order valence-electron chi connectivity index (χ0n) is 9.91. The Balaban J connectivity index is 2.62. The molecule has 1 aromatic carbocycles. The standard InChI is InChI=1S/C13H17NO2/c1-9(2)8-13(16)14-12-6-4-11(5-7-12)10(3)15/h4-7,9H,8H2,1-3H3,(H,14,16). The van der Waals surface area contributed by atoms with E-state index in [0.717, 1.165) is 5.69 Å². The summed E-state index contributed by atoms with van der Waals surface area (Å²) in [6.45, 7) is 5.52. The molecule has 0 saturated carbocycles. The quantitative estimate of drug-likeness (QED) is 0.791. The van der Waals surface area contributed by atoms with Crippen molar-refractivity contribution < 1.29 is 9.59 Å². The Morgan fingerprint density at radius 3 is 2.19 bits per heavy atom. The highest BCUT2D eigenvalue weighted by atomic mass is 16.1. The van der Waals surface area contributed by atoms with Crippen LogP contribution in [0.1, 0.15) is 37.6 Å². The van der Waals surface area contributed by atoms with Gasteiger partial charge in [0.05, 0.1) is 0 Å². The molecule has 0 aromatic heterocycles. The van der Waals surface area contributed by atoms with Crippen LogP contribution in [0.3, 0.4) is 0 Å². The highest BCUT2D eigenvalue weighted by molar-refractivity contribution is 5.95. The molecule has 0 unspecified atom stereocenters. The Kier molecular flexibility index (Phi) is 4.23. The van der Waals surface area contributed by atoms with E-state index in [1.165, 1.54) is 6.92 Å². The van der Waals surface area contributed by atoms with Crippen LogP contribution >= 0.6 is 0 Å². The van der Waals surface area contributed by atoms with Crippen LogP contribution in [0, 0.1) is 5.92 Å². The molecule has 1 amide bonds. The van der Waals surface area contributed by atoms with Gasteiger partial charge in [0.1, 0.15) is 0 Å². The minimum Gasteiger partial charge on any atom is -0.326 e. The van der Waals surface area contributed by atoms with Crippen LogP contribution in [-0.2, 0) is 4.79 Å². The second-order valence-corrected chi connectivity index (χ2v) is 4.28. The van der Waals surface area contributed by atoms with Crippen molar-refractivity contribution >= 4 is 17.4 Å². The molecule has 0 saturated heterocycles. The molecule has 1 N–H and O–H groups in total. The van der Waals surface area contributed by atoms with Gasteiger partial charge in [-0.15, -0.1) is 0 Å². The van der Waals surface area contributed by atoms with Crippen molar-refractivity contribution in [2.45, 2.75) is 27.2 Å². The summed E-state index contributed by atoms with van der Waals surface area (Å²) in [5.74, 6) is 0.377. The van der Waals surface area contributed by atoms with Gasteiger partial charge in [-0.2, -0.15) is 0 Å². The fourth-order valence-corrected chi connectivity index (χ4v) is 1.37.